The van der Waals surface area contributed by atoms with Crippen molar-refractivity contribution in [3.63, 3.8) is 0 Å². The standard InChI is InChI=1S/C15H16ClN3O2/c1-2-11-4-3-7-18-14(11)10-17-9-12-5-6-13(16)8-15(12)19(20)21/h3-8,17H,2,9-10H2,1H3. The molecule has 2 aromatic rings. The van der Waals surface area contributed by atoms with Crippen LogP contribution in [0.3, 0.4) is 0 Å². The van der Waals surface area contributed by atoms with Crippen LogP contribution in [0, 0.1) is 10.1 Å². The fraction of sp³-hybridized carbons (Fsp3) is 0.267. The van der Waals surface area contributed by atoms with Crippen LogP contribution < -0.4 is 5.32 Å². The Morgan fingerprint density at radius 3 is 2.81 bits per heavy atom. The zero-order valence-electron chi connectivity index (χ0n) is 11.7. The third-order valence-corrected chi connectivity index (χ3v) is 3.45. The highest BCUT2D eigenvalue weighted by atomic mass is 35.5. The largest absolute Gasteiger partial charge is 0.307 e. The second-order valence-electron chi connectivity index (χ2n) is 4.60. The molecule has 0 radical (unpaired) electrons. The molecule has 0 fully saturated rings. The molecule has 0 aliphatic rings. The fourth-order valence-corrected chi connectivity index (χ4v) is 2.29. The first-order valence-electron chi connectivity index (χ1n) is 6.68. The third kappa shape index (κ3) is 4.00. The summed E-state index contributed by atoms with van der Waals surface area (Å²) in [7, 11) is 0. The minimum Gasteiger partial charge on any atom is -0.307 e. The van der Waals surface area contributed by atoms with Gasteiger partial charge in [0.1, 0.15) is 0 Å². The molecule has 0 saturated carbocycles. The van der Waals surface area contributed by atoms with Gasteiger partial charge in [0.2, 0.25) is 0 Å². The van der Waals surface area contributed by atoms with Crippen molar-refractivity contribution in [1.82, 2.24) is 10.3 Å². The highest BCUT2D eigenvalue weighted by Crippen LogP contribution is 2.23. The number of aromatic nitrogens is 1. The molecular formula is C15H16ClN3O2. The molecule has 0 aliphatic carbocycles. The second-order valence-corrected chi connectivity index (χ2v) is 5.03. The van der Waals surface area contributed by atoms with Gasteiger partial charge in [-0.15, -0.1) is 0 Å². The number of hydrogen-bond donors (Lipinski definition) is 1. The molecule has 0 aliphatic heterocycles. The predicted molar refractivity (Wildman–Crippen MR) is 82.3 cm³/mol. The molecule has 1 heterocycles. The van der Waals surface area contributed by atoms with Crippen molar-refractivity contribution in [2.24, 2.45) is 0 Å². The highest BCUT2D eigenvalue weighted by molar-refractivity contribution is 6.30. The topological polar surface area (TPSA) is 68.1 Å². The molecule has 1 aromatic carbocycles. The van der Waals surface area contributed by atoms with Crippen LogP contribution in [0.2, 0.25) is 5.02 Å². The van der Waals surface area contributed by atoms with Gasteiger partial charge in [-0.2, -0.15) is 0 Å². The molecule has 21 heavy (non-hydrogen) atoms. The Hall–Kier alpha value is -1.98. The molecule has 0 atom stereocenters. The van der Waals surface area contributed by atoms with Gasteiger partial charge in [-0.1, -0.05) is 24.6 Å². The maximum Gasteiger partial charge on any atom is 0.275 e. The summed E-state index contributed by atoms with van der Waals surface area (Å²) in [6, 6.07) is 8.65. The fourth-order valence-electron chi connectivity index (χ4n) is 2.12. The summed E-state index contributed by atoms with van der Waals surface area (Å²) in [6.07, 6.45) is 2.66. The third-order valence-electron chi connectivity index (χ3n) is 3.22. The zero-order chi connectivity index (χ0) is 15.2. The number of benzene rings is 1. The lowest BCUT2D eigenvalue weighted by Crippen LogP contribution is -2.16. The number of halogens is 1. The summed E-state index contributed by atoms with van der Waals surface area (Å²) < 4.78 is 0. The summed E-state index contributed by atoms with van der Waals surface area (Å²) in [5.41, 5.74) is 2.79. The van der Waals surface area contributed by atoms with Crippen molar-refractivity contribution in [3.8, 4) is 0 Å². The van der Waals surface area contributed by atoms with Crippen molar-refractivity contribution in [2.45, 2.75) is 26.4 Å². The maximum atomic E-state index is 11.0. The number of aryl methyl sites for hydroxylation is 1. The van der Waals surface area contributed by atoms with Gasteiger partial charge < -0.3 is 5.32 Å². The van der Waals surface area contributed by atoms with Crippen molar-refractivity contribution in [1.29, 1.82) is 0 Å². The summed E-state index contributed by atoms with van der Waals surface area (Å²) in [5, 5.41) is 14.6. The van der Waals surface area contributed by atoms with Gasteiger partial charge >= 0.3 is 0 Å². The van der Waals surface area contributed by atoms with Crippen LogP contribution in [0.1, 0.15) is 23.7 Å². The Labute approximate surface area is 128 Å². The smallest absolute Gasteiger partial charge is 0.275 e. The Morgan fingerprint density at radius 2 is 2.10 bits per heavy atom. The molecule has 0 saturated heterocycles. The molecule has 6 heteroatoms. The first kappa shape index (κ1) is 15.4. The lowest BCUT2D eigenvalue weighted by Gasteiger charge is -2.08. The van der Waals surface area contributed by atoms with Crippen LogP contribution in [0.5, 0.6) is 0 Å². The predicted octanol–water partition coefficient (Wildman–Crippen LogP) is 3.50. The first-order valence-corrected chi connectivity index (χ1v) is 7.06. The summed E-state index contributed by atoms with van der Waals surface area (Å²) >= 11 is 5.80. The molecule has 2 rings (SSSR count). The van der Waals surface area contributed by atoms with Crippen LogP contribution in [0.25, 0.3) is 0 Å². The van der Waals surface area contributed by atoms with E-state index in [0.717, 1.165) is 12.1 Å². The summed E-state index contributed by atoms with van der Waals surface area (Å²) in [6.45, 7) is 3.04. The number of pyridine rings is 1. The van der Waals surface area contributed by atoms with Crippen LogP contribution in [0.4, 0.5) is 5.69 Å². The normalized spacial score (nSPS) is 10.6. The second kappa shape index (κ2) is 7.15. The Bertz CT molecular complexity index is 647. The quantitative estimate of drug-likeness (QED) is 0.655. The van der Waals surface area contributed by atoms with Gasteiger partial charge in [-0.25, -0.2) is 0 Å². The van der Waals surface area contributed by atoms with Crippen LogP contribution in [-0.4, -0.2) is 9.91 Å². The van der Waals surface area contributed by atoms with Gasteiger partial charge in [0.25, 0.3) is 5.69 Å². The van der Waals surface area contributed by atoms with E-state index in [1.54, 1.807) is 18.3 Å². The molecule has 5 nitrogen and oxygen atoms in total. The van der Waals surface area contributed by atoms with Crippen molar-refractivity contribution in [3.05, 3.63) is 68.5 Å². The lowest BCUT2D eigenvalue weighted by molar-refractivity contribution is -0.385. The molecule has 0 unspecified atom stereocenters. The van der Waals surface area contributed by atoms with Gasteiger partial charge in [0.05, 0.1) is 10.6 Å². The minimum atomic E-state index is -0.416. The van der Waals surface area contributed by atoms with Gasteiger partial charge in [0, 0.05) is 35.9 Å². The van der Waals surface area contributed by atoms with Gasteiger partial charge in [-0.3, -0.25) is 15.1 Å². The van der Waals surface area contributed by atoms with E-state index in [1.165, 1.54) is 11.6 Å². The minimum absolute atomic E-state index is 0.0340. The molecular weight excluding hydrogens is 290 g/mol. The molecule has 1 N–H and O–H groups in total. The van der Waals surface area contributed by atoms with Crippen molar-refractivity contribution in [2.75, 3.05) is 0 Å². The molecule has 0 bridgehead atoms. The number of rotatable bonds is 6. The van der Waals surface area contributed by atoms with E-state index in [1.807, 2.05) is 12.1 Å². The number of nitrogens with zero attached hydrogens (tertiary/aromatic N) is 2. The van der Waals surface area contributed by atoms with E-state index in [-0.39, 0.29) is 5.69 Å². The SMILES string of the molecule is CCc1cccnc1CNCc1ccc(Cl)cc1[N+](=O)[O-]. The molecule has 1 aromatic heterocycles. The van der Waals surface area contributed by atoms with Crippen molar-refractivity contribution < 1.29 is 4.92 Å². The van der Waals surface area contributed by atoms with E-state index in [2.05, 4.69) is 17.2 Å². The summed E-state index contributed by atoms with van der Waals surface area (Å²) in [4.78, 5) is 14.9. The van der Waals surface area contributed by atoms with Crippen LogP contribution in [-0.2, 0) is 19.5 Å². The van der Waals surface area contributed by atoms with Gasteiger partial charge in [0.15, 0.2) is 0 Å². The number of nitrogens with one attached hydrogen (secondary N) is 1. The highest BCUT2D eigenvalue weighted by Gasteiger charge is 2.13. The molecule has 0 spiro atoms. The monoisotopic (exact) mass is 305 g/mol. The van der Waals surface area contributed by atoms with Crippen LogP contribution in [0.15, 0.2) is 36.5 Å². The van der Waals surface area contributed by atoms with Gasteiger partial charge in [-0.05, 0) is 30.2 Å². The Balaban J connectivity index is 2.05. The van der Waals surface area contributed by atoms with Crippen LogP contribution >= 0.6 is 11.6 Å². The lowest BCUT2D eigenvalue weighted by atomic mass is 10.1. The van der Waals surface area contributed by atoms with E-state index < -0.39 is 4.92 Å². The van der Waals surface area contributed by atoms with E-state index >= 15 is 0 Å². The maximum absolute atomic E-state index is 11.0. The number of hydrogen-bond acceptors (Lipinski definition) is 4. The van der Waals surface area contributed by atoms with E-state index in [9.17, 15) is 10.1 Å². The average Bonchev–Trinajstić information content (AvgIpc) is 2.49. The Kier molecular flexibility index (Phi) is 5.25. The van der Waals surface area contributed by atoms with Crippen molar-refractivity contribution >= 4 is 17.3 Å². The first-order chi connectivity index (χ1) is 10.1. The molecule has 110 valence electrons. The number of nitro benzene ring substituents is 1. The average molecular weight is 306 g/mol. The zero-order valence-corrected chi connectivity index (χ0v) is 12.4. The summed E-state index contributed by atoms with van der Waals surface area (Å²) in [5.74, 6) is 0. The number of nitro groups is 1. The van der Waals surface area contributed by atoms with E-state index in [4.69, 9.17) is 11.6 Å². The van der Waals surface area contributed by atoms with E-state index in [0.29, 0.717) is 23.7 Å². The molecule has 0 amide bonds. The Morgan fingerprint density at radius 1 is 1.29 bits per heavy atom.